The first-order valence-electron chi connectivity index (χ1n) is 5.36. The Kier molecular flexibility index (Phi) is 4.89. The zero-order chi connectivity index (χ0) is 12.2. The van der Waals surface area contributed by atoms with Crippen LogP contribution in [-0.2, 0) is 5.60 Å². The van der Waals surface area contributed by atoms with Crippen molar-refractivity contribution >= 4 is 15.9 Å². The van der Waals surface area contributed by atoms with Gasteiger partial charge >= 0.3 is 0 Å². The van der Waals surface area contributed by atoms with Crippen LogP contribution in [0.15, 0.2) is 22.7 Å². The van der Waals surface area contributed by atoms with E-state index in [1.54, 1.807) is 19.1 Å². The molecular formula is C12H17BrFNO. The molecule has 0 bridgehead atoms. The lowest BCUT2D eigenvalue weighted by molar-refractivity contribution is 0.0534. The van der Waals surface area contributed by atoms with Crippen molar-refractivity contribution in [1.29, 1.82) is 0 Å². The first-order valence-corrected chi connectivity index (χ1v) is 6.15. The number of benzene rings is 1. The van der Waals surface area contributed by atoms with E-state index in [1.165, 1.54) is 6.07 Å². The second-order valence-corrected chi connectivity index (χ2v) is 4.99. The minimum absolute atomic E-state index is 0.311. The minimum atomic E-state index is -1.19. The average Bonchev–Trinajstić information content (AvgIpc) is 2.22. The molecule has 1 unspecified atom stereocenters. The molecule has 4 heteroatoms. The highest BCUT2D eigenvalue weighted by atomic mass is 79.9. The third-order valence-electron chi connectivity index (χ3n) is 2.40. The molecule has 0 heterocycles. The zero-order valence-electron chi connectivity index (χ0n) is 9.56. The van der Waals surface area contributed by atoms with Gasteiger partial charge < -0.3 is 10.4 Å². The minimum Gasteiger partial charge on any atom is -0.384 e. The van der Waals surface area contributed by atoms with E-state index in [0.29, 0.717) is 12.1 Å². The van der Waals surface area contributed by atoms with Crippen molar-refractivity contribution in [3.63, 3.8) is 0 Å². The maximum absolute atomic E-state index is 13.6. The molecule has 90 valence electrons. The van der Waals surface area contributed by atoms with Crippen LogP contribution in [0.4, 0.5) is 4.39 Å². The van der Waals surface area contributed by atoms with E-state index in [1.807, 2.05) is 6.92 Å². The number of aliphatic hydroxyl groups is 1. The molecule has 2 N–H and O–H groups in total. The van der Waals surface area contributed by atoms with E-state index >= 15 is 0 Å². The third-order valence-corrected chi connectivity index (χ3v) is 2.90. The smallest absolute Gasteiger partial charge is 0.129 e. The predicted molar refractivity (Wildman–Crippen MR) is 66.8 cm³/mol. The first-order chi connectivity index (χ1) is 7.47. The molecular weight excluding hydrogens is 273 g/mol. The van der Waals surface area contributed by atoms with Crippen LogP contribution in [0.2, 0.25) is 0 Å². The van der Waals surface area contributed by atoms with Gasteiger partial charge in [0, 0.05) is 16.6 Å². The molecule has 0 aliphatic rings. The van der Waals surface area contributed by atoms with E-state index in [-0.39, 0.29) is 5.82 Å². The van der Waals surface area contributed by atoms with Crippen LogP contribution in [-0.4, -0.2) is 18.2 Å². The summed E-state index contributed by atoms with van der Waals surface area (Å²) >= 11 is 3.27. The lowest BCUT2D eigenvalue weighted by atomic mass is 9.95. The summed E-state index contributed by atoms with van der Waals surface area (Å²) in [5.74, 6) is -0.383. The Morgan fingerprint density at radius 3 is 2.81 bits per heavy atom. The lowest BCUT2D eigenvalue weighted by Crippen LogP contribution is -2.36. The largest absolute Gasteiger partial charge is 0.384 e. The van der Waals surface area contributed by atoms with Crippen molar-refractivity contribution in [2.24, 2.45) is 0 Å². The number of nitrogens with one attached hydrogen (secondary N) is 1. The van der Waals surface area contributed by atoms with Crippen LogP contribution in [0.25, 0.3) is 0 Å². The van der Waals surface area contributed by atoms with Crippen molar-refractivity contribution in [2.45, 2.75) is 25.9 Å². The highest BCUT2D eigenvalue weighted by molar-refractivity contribution is 9.10. The Morgan fingerprint density at radius 2 is 2.19 bits per heavy atom. The summed E-state index contributed by atoms with van der Waals surface area (Å²) in [4.78, 5) is 0. The molecule has 0 aliphatic heterocycles. The molecule has 1 aromatic rings. The van der Waals surface area contributed by atoms with Gasteiger partial charge in [0.05, 0.1) is 0 Å². The van der Waals surface area contributed by atoms with Crippen molar-refractivity contribution in [3.8, 4) is 0 Å². The molecule has 0 saturated carbocycles. The maximum atomic E-state index is 13.6. The van der Waals surface area contributed by atoms with Crippen LogP contribution in [0, 0.1) is 5.82 Å². The summed E-state index contributed by atoms with van der Waals surface area (Å²) in [7, 11) is 0. The van der Waals surface area contributed by atoms with Gasteiger partial charge in [-0.2, -0.15) is 0 Å². The van der Waals surface area contributed by atoms with Crippen molar-refractivity contribution in [1.82, 2.24) is 5.32 Å². The fourth-order valence-electron chi connectivity index (χ4n) is 1.51. The number of hydrogen-bond acceptors (Lipinski definition) is 2. The van der Waals surface area contributed by atoms with Gasteiger partial charge in [-0.25, -0.2) is 4.39 Å². The molecule has 1 rings (SSSR count). The normalized spacial score (nSPS) is 14.8. The van der Waals surface area contributed by atoms with E-state index < -0.39 is 5.60 Å². The Morgan fingerprint density at radius 1 is 1.50 bits per heavy atom. The predicted octanol–water partition coefficient (Wildman–Crippen LogP) is 2.80. The molecule has 0 spiro atoms. The highest BCUT2D eigenvalue weighted by Gasteiger charge is 2.26. The zero-order valence-corrected chi connectivity index (χ0v) is 11.1. The van der Waals surface area contributed by atoms with Crippen LogP contribution in [0.1, 0.15) is 25.8 Å². The first kappa shape index (κ1) is 13.6. The summed E-state index contributed by atoms with van der Waals surface area (Å²) < 4.78 is 14.3. The number of halogens is 2. The van der Waals surface area contributed by atoms with Gasteiger partial charge in [0.1, 0.15) is 11.4 Å². The standard InChI is InChI=1S/C12H17BrFNO/c1-3-6-15-8-12(2,16)10-7-9(13)4-5-11(10)14/h4-5,7,15-16H,3,6,8H2,1-2H3. The van der Waals surface area contributed by atoms with Crippen molar-refractivity contribution in [2.75, 3.05) is 13.1 Å². The summed E-state index contributed by atoms with van der Waals surface area (Å²) in [6, 6.07) is 4.59. The second-order valence-electron chi connectivity index (χ2n) is 4.07. The summed E-state index contributed by atoms with van der Waals surface area (Å²) in [6.07, 6.45) is 0.983. The molecule has 0 aromatic heterocycles. The third kappa shape index (κ3) is 3.54. The van der Waals surface area contributed by atoms with Crippen LogP contribution in [0.5, 0.6) is 0 Å². The monoisotopic (exact) mass is 289 g/mol. The van der Waals surface area contributed by atoms with E-state index in [2.05, 4.69) is 21.2 Å². The summed E-state index contributed by atoms with van der Waals surface area (Å²) in [5.41, 5.74) is -0.881. The molecule has 0 aliphatic carbocycles. The second kappa shape index (κ2) is 5.75. The van der Waals surface area contributed by atoms with Gasteiger partial charge in [0.2, 0.25) is 0 Å². The van der Waals surface area contributed by atoms with Gasteiger partial charge in [-0.15, -0.1) is 0 Å². The SMILES string of the molecule is CCCNCC(C)(O)c1cc(Br)ccc1F. The van der Waals surface area contributed by atoms with E-state index in [0.717, 1.165) is 17.4 Å². The molecule has 16 heavy (non-hydrogen) atoms. The highest BCUT2D eigenvalue weighted by Crippen LogP contribution is 2.26. The number of rotatable bonds is 5. The van der Waals surface area contributed by atoms with Gasteiger partial charge in [0.15, 0.2) is 0 Å². The molecule has 0 fully saturated rings. The van der Waals surface area contributed by atoms with Gasteiger partial charge in [-0.05, 0) is 38.1 Å². The number of hydrogen-bond donors (Lipinski definition) is 2. The van der Waals surface area contributed by atoms with Crippen LogP contribution < -0.4 is 5.32 Å². The Bertz CT molecular complexity index is 355. The molecule has 1 atom stereocenters. The molecule has 0 amide bonds. The van der Waals surface area contributed by atoms with Gasteiger partial charge in [0.25, 0.3) is 0 Å². The lowest BCUT2D eigenvalue weighted by Gasteiger charge is -2.25. The van der Waals surface area contributed by atoms with Gasteiger partial charge in [-0.1, -0.05) is 22.9 Å². The maximum Gasteiger partial charge on any atom is 0.129 e. The van der Waals surface area contributed by atoms with Crippen molar-refractivity contribution in [3.05, 3.63) is 34.1 Å². The van der Waals surface area contributed by atoms with E-state index in [4.69, 9.17) is 0 Å². The molecule has 0 radical (unpaired) electrons. The average molecular weight is 290 g/mol. The fourth-order valence-corrected chi connectivity index (χ4v) is 1.88. The Hall–Kier alpha value is -0.450. The van der Waals surface area contributed by atoms with Crippen molar-refractivity contribution < 1.29 is 9.50 Å². The quantitative estimate of drug-likeness (QED) is 0.817. The summed E-state index contributed by atoms with van der Waals surface area (Å²) in [5, 5.41) is 13.3. The fraction of sp³-hybridized carbons (Fsp3) is 0.500. The Labute approximate surface area is 104 Å². The van der Waals surface area contributed by atoms with Crippen LogP contribution in [0.3, 0.4) is 0 Å². The Balaban J connectivity index is 2.83. The molecule has 0 saturated heterocycles. The summed E-state index contributed by atoms with van der Waals surface area (Å²) in [6.45, 7) is 4.81. The topological polar surface area (TPSA) is 32.3 Å². The van der Waals surface area contributed by atoms with Gasteiger partial charge in [-0.3, -0.25) is 0 Å². The molecule has 2 nitrogen and oxygen atoms in total. The van der Waals surface area contributed by atoms with E-state index in [9.17, 15) is 9.50 Å². The van der Waals surface area contributed by atoms with Crippen LogP contribution >= 0.6 is 15.9 Å². The molecule has 1 aromatic carbocycles.